The van der Waals surface area contributed by atoms with E-state index in [0.29, 0.717) is 0 Å². The lowest BCUT2D eigenvalue weighted by Crippen LogP contribution is -2.16. The molecule has 0 unspecified atom stereocenters. The number of rotatable bonds is 2. The number of hydrogen-bond acceptors (Lipinski definition) is 3. The van der Waals surface area contributed by atoms with E-state index in [-0.39, 0.29) is 6.61 Å². The summed E-state index contributed by atoms with van der Waals surface area (Å²) in [7, 11) is 0. The summed E-state index contributed by atoms with van der Waals surface area (Å²) in [5.41, 5.74) is -1.06. The van der Waals surface area contributed by atoms with Gasteiger partial charge < -0.3 is 4.74 Å². The molecule has 0 aliphatic rings. The molecule has 0 spiro atoms. The van der Waals surface area contributed by atoms with E-state index < -0.39 is 17.5 Å². The Kier molecular flexibility index (Phi) is 3.80. The zero-order chi connectivity index (χ0) is 10.5. The summed E-state index contributed by atoms with van der Waals surface area (Å²) in [4.78, 5) is 0. The number of allylic oxidation sites excluding steroid dienone is 2. The fourth-order valence-electron chi connectivity index (χ4n) is 0.567. The molecular weight excluding hydrogens is 185 g/mol. The van der Waals surface area contributed by atoms with Crippen molar-refractivity contribution in [2.75, 3.05) is 6.61 Å². The van der Waals surface area contributed by atoms with Gasteiger partial charge in [-0.25, -0.2) is 0 Å². The van der Waals surface area contributed by atoms with Crippen LogP contribution in [0.25, 0.3) is 0 Å². The average molecular weight is 190 g/mol. The number of ether oxygens (including phenoxy) is 1. The molecule has 0 aromatic carbocycles. The second kappa shape index (κ2) is 4.36. The predicted molar refractivity (Wildman–Crippen MR) is 35.9 cm³/mol. The molecular formula is C7H5F3N2O. The third kappa shape index (κ3) is 3.04. The number of nitrogens with zero attached hydrogens (tertiary/aromatic N) is 2. The first-order valence-electron chi connectivity index (χ1n) is 3.21. The number of hydrogen-bond donors (Lipinski definition) is 0. The summed E-state index contributed by atoms with van der Waals surface area (Å²) >= 11 is 0. The topological polar surface area (TPSA) is 56.8 Å². The van der Waals surface area contributed by atoms with Crippen LogP contribution in [0, 0.1) is 22.7 Å². The van der Waals surface area contributed by atoms with E-state index >= 15 is 0 Å². The van der Waals surface area contributed by atoms with E-state index in [2.05, 4.69) is 4.74 Å². The smallest absolute Gasteiger partial charge is 0.451 e. The van der Waals surface area contributed by atoms with Crippen LogP contribution in [0.4, 0.5) is 13.2 Å². The van der Waals surface area contributed by atoms with Crippen LogP contribution < -0.4 is 0 Å². The van der Waals surface area contributed by atoms with Gasteiger partial charge >= 0.3 is 6.18 Å². The van der Waals surface area contributed by atoms with E-state index in [4.69, 9.17) is 10.5 Å². The van der Waals surface area contributed by atoms with Crippen LogP contribution in [0.15, 0.2) is 11.3 Å². The van der Waals surface area contributed by atoms with Gasteiger partial charge in [-0.15, -0.1) is 0 Å². The molecule has 0 radical (unpaired) electrons. The fourth-order valence-corrected chi connectivity index (χ4v) is 0.567. The lowest BCUT2D eigenvalue weighted by Gasteiger charge is -2.11. The molecule has 70 valence electrons. The Morgan fingerprint density at radius 2 is 1.77 bits per heavy atom. The van der Waals surface area contributed by atoms with Crippen LogP contribution >= 0.6 is 0 Å². The standard InChI is InChI=1S/C7H5F3N2O/c1-2-13-6(7(8,9)10)5(3-11)4-12/h2H2,1H3. The van der Waals surface area contributed by atoms with Gasteiger partial charge in [-0.2, -0.15) is 23.7 Å². The summed E-state index contributed by atoms with van der Waals surface area (Å²) in [5, 5.41) is 16.4. The van der Waals surface area contributed by atoms with Crippen LogP contribution in [-0.2, 0) is 4.74 Å². The molecule has 6 heteroatoms. The Hall–Kier alpha value is -1.69. The van der Waals surface area contributed by atoms with Gasteiger partial charge in [-0.1, -0.05) is 0 Å². The molecule has 0 saturated heterocycles. The molecule has 0 rings (SSSR count). The molecule has 0 aliphatic carbocycles. The highest BCUT2D eigenvalue weighted by Crippen LogP contribution is 2.28. The van der Waals surface area contributed by atoms with Crippen molar-refractivity contribution in [2.24, 2.45) is 0 Å². The largest absolute Gasteiger partial charge is 0.488 e. The van der Waals surface area contributed by atoms with Gasteiger partial charge in [-0.3, -0.25) is 0 Å². The van der Waals surface area contributed by atoms with Crippen LogP contribution in [0.3, 0.4) is 0 Å². The van der Waals surface area contributed by atoms with Crippen molar-refractivity contribution in [3.05, 3.63) is 11.3 Å². The Morgan fingerprint density at radius 1 is 1.31 bits per heavy atom. The summed E-state index contributed by atoms with van der Waals surface area (Å²) in [6.45, 7) is 1.08. The van der Waals surface area contributed by atoms with E-state index in [1.165, 1.54) is 6.92 Å². The second-order valence-electron chi connectivity index (χ2n) is 1.86. The molecule has 3 nitrogen and oxygen atoms in total. The maximum Gasteiger partial charge on any atom is 0.451 e. The molecule has 0 fully saturated rings. The van der Waals surface area contributed by atoms with Crippen LogP contribution in [0.1, 0.15) is 6.92 Å². The molecule has 0 N–H and O–H groups in total. The number of nitriles is 2. The number of alkyl halides is 3. The zero-order valence-corrected chi connectivity index (χ0v) is 6.64. The van der Waals surface area contributed by atoms with E-state index in [0.717, 1.165) is 12.1 Å². The second-order valence-corrected chi connectivity index (χ2v) is 1.86. The first-order valence-corrected chi connectivity index (χ1v) is 3.21. The Balaban J connectivity index is 5.16. The molecule has 0 aromatic heterocycles. The maximum absolute atomic E-state index is 12.0. The minimum absolute atomic E-state index is 0.248. The van der Waals surface area contributed by atoms with Gasteiger partial charge in [0.25, 0.3) is 0 Å². The zero-order valence-electron chi connectivity index (χ0n) is 6.64. The highest BCUT2D eigenvalue weighted by atomic mass is 19.4. The van der Waals surface area contributed by atoms with Gasteiger partial charge in [-0.05, 0) is 6.92 Å². The van der Waals surface area contributed by atoms with Crippen molar-refractivity contribution in [1.82, 2.24) is 0 Å². The van der Waals surface area contributed by atoms with Crippen molar-refractivity contribution in [1.29, 1.82) is 10.5 Å². The maximum atomic E-state index is 12.0. The average Bonchev–Trinajstić information content (AvgIpc) is 2.03. The van der Waals surface area contributed by atoms with Crippen LogP contribution in [-0.4, -0.2) is 12.8 Å². The van der Waals surface area contributed by atoms with E-state index in [9.17, 15) is 13.2 Å². The first-order chi connectivity index (χ1) is 5.97. The predicted octanol–water partition coefficient (Wildman–Crippen LogP) is 1.89. The van der Waals surface area contributed by atoms with Crippen molar-refractivity contribution < 1.29 is 17.9 Å². The highest BCUT2D eigenvalue weighted by Gasteiger charge is 2.39. The van der Waals surface area contributed by atoms with Gasteiger partial charge in [0.05, 0.1) is 6.61 Å². The van der Waals surface area contributed by atoms with E-state index in [1.54, 1.807) is 0 Å². The van der Waals surface area contributed by atoms with Crippen LogP contribution in [0.2, 0.25) is 0 Å². The van der Waals surface area contributed by atoms with Gasteiger partial charge in [0.15, 0.2) is 5.57 Å². The Bertz CT molecular complexity index is 276. The molecule has 0 aliphatic heterocycles. The molecule has 13 heavy (non-hydrogen) atoms. The summed E-state index contributed by atoms with van der Waals surface area (Å²) in [6, 6.07) is 2.23. The van der Waals surface area contributed by atoms with Crippen molar-refractivity contribution in [3.63, 3.8) is 0 Å². The highest BCUT2D eigenvalue weighted by molar-refractivity contribution is 5.39. The quantitative estimate of drug-likeness (QED) is 0.493. The first kappa shape index (κ1) is 11.3. The van der Waals surface area contributed by atoms with Gasteiger partial charge in [0.2, 0.25) is 5.76 Å². The summed E-state index contributed by atoms with van der Waals surface area (Å²) < 4.78 is 40.3. The van der Waals surface area contributed by atoms with Crippen LogP contribution in [0.5, 0.6) is 0 Å². The van der Waals surface area contributed by atoms with Crippen molar-refractivity contribution in [2.45, 2.75) is 13.1 Å². The molecule has 0 heterocycles. The molecule has 0 amide bonds. The number of halogens is 3. The molecule has 0 atom stereocenters. The van der Waals surface area contributed by atoms with Gasteiger partial charge in [0.1, 0.15) is 12.1 Å². The Labute approximate surface area is 72.6 Å². The fraction of sp³-hybridized carbons (Fsp3) is 0.429. The third-order valence-corrected chi connectivity index (χ3v) is 0.997. The van der Waals surface area contributed by atoms with Gasteiger partial charge in [0, 0.05) is 0 Å². The monoisotopic (exact) mass is 190 g/mol. The Morgan fingerprint density at radius 3 is 2.00 bits per heavy atom. The lowest BCUT2D eigenvalue weighted by atomic mass is 10.2. The minimum Gasteiger partial charge on any atom is -0.488 e. The van der Waals surface area contributed by atoms with E-state index in [1.807, 2.05) is 0 Å². The van der Waals surface area contributed by atoms with Crippen molar-refractivity contribution in [3.8, 4) is 12.1 Å². The minimum atomic E-state index is -4.79. The summed E-state index contributed by atoms with van der Waals surface area (Å²) in [5.74, 6) is -1.53. The normalized spacial score (nSPS) is 9.69. The molecule has 0 aromatic rings. The molecule has 0 bridgehead atoms. The molecule has 0 saturated carbocycles. The third-order valence-electron chi connectivity index (χ3n) is 0.997. The SMILES string of the molecule is CCOC(=C(C#N)C#N)C(F)(F)F. The lowest BCUT2D eigenvalue weighted by molar-refractivity contribution is -0.130. The summed E-state index contributed by atoms with van der Waals surface area (Å²) in [6.07, 6.45) is -4.79. The van der Waals surface area contributed by atoms with Crippen molar-refractivity contribution >= 4 is 0 Å².